The third-order valence-electron chi connectivity index (χ3n) is 5.09. The largest absolute Gasteiger partial charge is 0.497 e. The zero-order valence-electron chi connectivity index (χ0n) is 18.1. The summed E-state index contributed by atoms with van der Waals surface area (Å²) in [5.41, 5.74) is 2.16. The van der Waals surface area contributed by atoms with Crippen LogP contribution in [0, 0.1) is 0 Å². The zero-order chi connectivity index (χ0) is 22.2. The van der Waals surface area contributed by atoms with Crippen LogP contribution in [-0.2, 0) is 9.53 Å². The van der Waals surface area contributed by atoms with Crippen LogP contribution < -0.4 is 20.1 Å². The molecule has 3 rings (SSSR count). The number of nitrogens with one attached hydrogen (secondary N) is 2. The molecule has 0 saturated carbocycles. The monoisotopic (exact) mass is 424 g/mol. The zero-order valence-corrected chi connectivity index (χ0v) is 18.1. The van der Waals surface area contributed by atoms with Gasteiger partial charge in [-0.05, 0) is 53.9 Å². The first-order valence-electron chi connectivity index (χ1n) is 10.3. The molecule has 1 atom stereocenters. The van der Waals surface area contributed by atoms with Crippen LogP contribution >= 0.6 is 0 Å². The Morgan fingerprint density at radius 1 is 0.968 bits per heavy atom. The molecular formula is C24H28N2O5. The van der Waals surface area contributed by atoms with Crippen LogP contribution in [0.15, 0.2) is 54.1 Å². The number of esters is 1. The lowest BCUT2D eigenvalue weighted by molar-refractivity contribution is -0.136. The second kappa shape index (κ2) is 10.5. The fraction of sp³-hybridized carbons (Fsp3) is 0.333. The molecule has 0 fully saturated rings. The summed E-state index contributed by atoms with van der Waals surface area (Å²) in [5.74, 6) is 0.901. The molecule has 2 amide bonds. The highest BCUT2D eigenvalue weighted by Gasteiger charge is 2.34. The summed E-state index contributed by atoms with van der Waals surface area (Å²) in [6.45, 7) is 2.81. The Morgan fingerprint density at radius 2 is 1.65 bits per heavy atom. The summed E-state index contributed by atoms with van der Waals surface area (Å²) in [4.78, 5) is 25.1. The van der Waals surface area contributed by atoms with E-state index in [2.05, 4.69) is 17.6 Å². The topological polar surface area (TPSA) is 85.9 Å². The van der Waals surface area contributed by atoms with Crippen LogP contribution in [0.3, 0.4) is 0 Å². The van der Waals surface area contributed by atoms with Crippen molar-refractivity contribution in [3.8, 4) is 11.5 Å². The minimum Gasteiger partial charge on any atom is -0.497 e. The molecule has 31 heavy (non-hydrogen) atoms. The van der Waals surface area contributed by atoms with E-state index in [0.29, 0.717) is 29.2 Å². The third kappa shape index (κ3) is 5.36. The van der Waals surface area contributed by atoms with Gasteiger partial charge < -0.3 is 24.8 Å². The molecule has 0 saturated heterocycles. The van der Waals surface area contributed by atoms with E-state index in [1.54, 1.807) is 31.4 Å². The van der Waals surface area contributed by atoms with E-state index in [1.165, 1.54) is 7.11 Å². The minimum atomic E-state index is -0.660. The molecule has 2 aromatic rings. The molecule has 7 nitrogen and oxygen atoms in total. The molecule has 0 radical (unpaired) electrons. The minimum absolute atomic E-state index is 0.323. The van der Waals surface area contributed by atoms with E-state index in [1.807, 2.05) is 24.3 Å². The van der Waals surface area contributed by atoms with E-state index in [-0.39, 0.29) is 0 Å². The van der Waals surface area contributed by atoms with Gasteiger partial charge in [-0.25, -0.2) is 9.59 Å². The van der Waals surface area contributed by atoms with Gasteiger partial charge in [0.1, 0.15) is 11.5 Å². The van der Waals surface area contributed by atoms with Crippen molar-refractivity contribution in [1.29, 1.82) is 0 Å². The molecule has 2 N–H and O–H groups in total. The van der Waals surface area contributed by atoms with E-state index in [4.69, 9.17) is 14.2 Å². The predicted molar refractivity (Wildman–Crippen MR) is 118 cm³/mol. The molecule has 1 heterocycles. The maximum absolute atomic E-state index is 12.7. The van der Waals surface area contributed by atoms with E-state index in [0.717, 1.165) is 30.6 Å². The molecule has 7 heteroatoms. The molecule has 164 valence electrons. The van der Waals surface area contributed by atoms with Gasteiger partial charge in [-0.1, -0.05) is 31.9 Å². The second-order valence-electron chi connectivity index (χ2n) is 7.16. The van der Waals surface area contributed by atoms with Crippen molar-refractivity contribution in [2.75, 3.05) is 20.8 Å². The Kier molecular flexibility index (Phi) is 7.54. The summed E-state index contributed by atoms with van der Waals surface area (Å²) in [5, 5.41) is 5.58. The average Bonchev–Trinajstić information content (AvgIpc) is 2.81. The van der Waals surface area contributed by atoms with Gasteiger partial charge in [0.15, 0.2) is 0 Å². The first-order chi connectivity index (χ1) is 15.1. The first-order valence-corrected chi connectivity index (χ1v) is 10.3. The van der Waals surface area contributed by atoms with Gasteiger partial charge in [0.2, 0.25) is 0 Å². The lowest BCUT2D eigenvalue weighted by Crippen LogP contribution is -2.45. The molecule has 0 bridgehead atoms. The summed E-state index contributed by atoms with van der Waals surface area (Å²) >= 11 is 0. The van der Waals surface area contributed by atoms with Crippen LogP contribution in [0.4, 0.5) is 4.79 Å². The van der Waals surface area contributed by atoms with Gasteiger partial charge in [-0.15, -0.1) is 0 Å². The number of hydrogen-bond donors (Lipinski definition) is 2. The number of carbonyl (C=O) groups is 2. The van der Waals surface area contributed by atoms with Gasteiger partial charge in [-0.3, -0.25) is 0 Å². The van der Waals surface area contributed by atoms with Gasteiger partial charge >= 0.3 is 12.0 Å². The number of ether oxygens (including phenoxy) is 3. The van der Waals surface area contributed by atoms with Crippen molar-refractivity contribution in [1.82, 2.24) is 10.6 Å². The Bertz CT molecular complexity index is 935. The molecule has 2 aromatic carbocycles. The standard InChI is InChI=1S/C24H28N2O5/c1-4-5-6-15-31-19-13-9-17(10-14-19)22-20(23(27)30-3)21(25-24(28)26-22)16-7-11-18(29-2)12-8-16/h7-14,22H,4-6,15H2,1-3H3,(H2,25,26,28). The molecular weight excluding hydrogens is 396 g/mol. The Balaban J connectivity index is 1.93. The number of hydrogen-bond acceptors (Lipinski definition) is 5. The number of benzene rings is 2. The summed E-state index contributed by atoms with van der Waals surface area (Å²) in [7, 11) is 2.90. The van der Waals surface area contributed by atoms with Crippen LogP contribution in [0.25, 0.3) is 5.70 Å². The summed E-state index contributed by atoms with van der Waals surface area (Å²) < 4.78 is 16.0. The smallest absolute Gasteiger partial charge is 0.338 e. The lowest BCUT2D eigenvalue weighted by atomic mass is 9.92. The number of unbranched alkanes of at least 4 members (excludes halogenated alkanes) is 2. The number of methoxy groups -OCH3 is 2. The van der Waals surface area contributed by atoms with Gasteiger partial charge in [0.25, 0.3) is 0 Å². The number of rotatable bonds is 9. The summed E-state index contributed by atoms with van der Waals surface area (Å²) in [6.07, 6.45) is 3.26. The first kappa shape index (κ1) is 22.2. The van der Waals surface area contributed by atoms with Crippen LogP contribution in [-0.4, -0.2) is 32.8 Å². The molecule has 1 aliphatic rings. The average molecular weight is 424 g/mol. The lowest BCUT2D eigenvalue weighted by Gasteiger charge is -2.29. The summed E-state index contributed by atoms with van der Waals surface area (Å²) in [6, 6.07) is 13.4. The normalized spacial score (nSPS) is 15.7. The molecule has 0 aromatic heterocycles. The number of urea groups is 1. The van der Waals surface area contributed by atoms with Crippen molar-refractivity contribution in [2.45, 2.75) is 32.2 Å². The van der Waals surface area contributed by atoms with Crippen molar-refractivity contribution >= 4 is 17.7 Å². The van der Waals surface area contributed by atoms with Crippen molar-refractivity contribution in [3.05, 3.63) is 65.2 Å². The number of amides is 2. The molecule has 0 aliphatic carbocycles. The molecule has 0 spiro atoms. The quantitative estimate of drug-likeness (QED) is 0.465. The Hall–Kier alpha value is -3.48. The maximum atomic E-state index is 12.7. The van der Waals surface area contributed by atoms with Gasteiger partial charge in [-0.2, -0.15) is 0 Å². The SMILES string of the molecule is CCCCCOc1ccc(C2NC(=O)NC(c3ccc(OC)cc3)=C2C(=O)OC)cc1. The van der Waals surface area contributed by atoms with Gasteiger partial charge in [0, 0.05) is 0 Å². The highest BCUT2D eigenvalue weighted by Crippen LogP contribution is 2.33. The van der Waals surface area contributed by atoms with Crippen molar-refractivity contribution in [3.63, 3.8) is 0 Å². The van der Waals surface area contributed by atoms with Crippen molar-refractivity contribution in [2.24, 2.45) is 0 Å². The van der Waals surface area contributed by atoms with E-state index >= 15 is 0 Å². The molecule has 1 unspecified atom stereocenters. The van der Waals surface area contributed by atoms with E-state index < -0.39 is 18.0 Å². The maximum Gasteiger partial charge on any atom is 0.338 e. The number of carbonyl (C=O) groups excluding carboxylic acids is 2. The van der Waals surface area contributed by atoms with Gasteiger partial charge in [0.05, 0.1) is 38.1 Å². The van der Waals surface area contributed by atoms with E-state index in [9.17, 15) is 9.59 Å². The van der Waals surface area contributed by atoms with Crippen LogP contribution in [0.2, 0.25) is 0 Å². The fourth-order valence-corrected chi connectivity index (χ4v) is 3.43. The molecule has 1 aliphatic heterocycles. The van der Waals surface area contributed by atoms with Crippen LogP contribution in [0.5, 0.6) is 11.5 Å². The predicted octanol–water partition coefficient (Wildman–Crippen LogP) is 4.20. The highest BCUT2D eigenvalue weighted by molar-refractivity contribution is 6.04. The highest BCUT2D eigenvalue weighted by atomic mass is 16.5. The second-order valence-corrected chi connectivity index (χ2v) is 7.16. The Labute approximate surface area is 182 Å². The van der Waals surface area contributed by atoms with Crippen LogP contribution in [0.1, 0.15) is 43.4 Å². The van der Waals surface area contributed by atoms with Crippen molar-refractivity contribution < 1.29 is 23.8 Å². The third-order valence-corrected chi connectivity index (χ3v) is 5.09. The fourth-order valence-electron chi connectivity index (χ4n) is 3.43. The Morgan fingerprint density at radius 3 is 2.26 bits per heavy atom.